The van der Waals surface area contributed by atoms with Gasteiger partial charge in [-0.1, -0.05) is 5.57 Å². The summed E-state index contributed by atoms with van der Waals surface area (Å²) in [4.78, 5) is 24.2. The number of likely N-dealkylation sites (tertiary alicyclic amines) is 1. The van der Waals surface area contributed by atoms with Gasteiger partial charge >= 0.3 is 12.1 Å². The van der Waals surface area contributed by atoms with Crippen molar-refractivity contribution in [3.8, 4) is 0 Å². The number of hydrogen-bond acceptors (Lipinski definition) is 3. The minimum atomic E-state index is -0.910. The van der Waals surface area contributed by atoms with Gasteiger partial charge in [-0.05, 0) is 46.5 Å². The van der Waals surface area contributed by atoms with E-state index in [1.807, 2.05) is 27.7 Å². The lowest BCUT2D eigenvalue weighted by atomic mass is 9.90. The number of ether oxygens (including phenoxy) is 1. The highest BCUT2D eigenvalue weighted by molar-refractivity contribution is 5.80. The van der Waals surface area contributed by atoms with Crippen molar-refractivity contribution in [1.82, 2.24) is 4.90 Å². The van der Waals surface area contributed by atoms with Crippen molar-refractivity contribution >= 4 is 12.1 Å². The molecule has 0 aromatic rings. The van der Waals surface area contributed by atoms with Crippen LogP contribution in [0.4, 0.5) is 4.79 Å². The third kappa shape index (κ3) is 5.32. The smallest absolute Gasteiger partial charge is 0.410 e. The number of carboxylic acids is 1. The SMILES string of the molecule is C/C(=C\C(=O)O)C1CCN(C(=O)OC(C)(C)C)CC1. The first-order valence-corrected chi connectivity index (χ1v) is 6.58. The fourth-order valence-electron chi connectivity index (χ4n) is 2.16. The number of piperidine rings is 1. The van der Waals surface area contributed by atoms with Gasteiger partial charge in [-0.15, -0.1) is 0 Å². The van der Waals surface area contributed by atoms with Crippen LogP contribution in [0.3, 0.4) is 0 Å². The van der Waals surface area contributed by atoms with Gasteiger partial charge in [0.2, 0.25) is 0 Å². The lowest BCUT2D eigenvalue weighted by Gasteiger charge is -2.33. The largest absolute Gasteiger partial charge is 0.478 e. The number of nitrogens with zero attached hydrogens (tertiary/aromatic N) is 1. The maximum atomic E-state index is 11.9. The third-order valence-corrected chi connectivity index (χ3v) is 3.14. The van der Waals surface area contributed by atoms with E-state index in [-0.39, 0.29) is 12.0 Å². The predicted octanol–water partition coefficient (Wildman–Crippen LogP) is 2.66. The maximum Gasteiger partial charge on any atom is 0.410 e. The van der Waals surface area contributed by atoms with Gasteiger partial charge in [-0.3, -0.25) is 0 Å². The van der Waals surface area contributed by atoms with E-state index in [2.05, 4.69) is 0 Å². The molecule has 0 saturated carbocycles. The van der Waals surface area contributed by atoms with Gasteiger partial charge in [0.25, 0.3) is 0 Å². The summed E-state index contributed by atoms with van der Waals surface area (Å²) in [6.45, 7) is 8.60. The molecule has 108 valence electrons. The Hall–Kier alpha value is -1.52. The first-order valence-electron chi connectivity index (χ1n) is 6.58. The second-order valence-corrected chi connectivity index (χ2v) is 5.97. The molecule has 0 atom stereocenters. The van der Waals surface area contributed by atoms with Gasteiger partial charge in [0.05, 0.1) is 0 Å². The summed E-state index contributed by atoms with van der Waals surface area (Å²) >= 11 is 0. The fourth-order valence-corrected chi connectivity index (χ4v) is 2.16. The zero-order valence-electron chi connectivity index (χ0n) is 12.1. The van der Waals surface area contributed by atoms with Crippen LogP contribution in [-0.4, -0.2) is 40.8 Å². The van der Waals surface area contributed by atoms with Crippen LogP contribution < -0.4 is 0 Å². The molecule has 5 heteroatoms. The molecule has 5 nitrogen and oxygen atoms in total. The number of rotatable bonds is 2. The molecule has 1 rings (SSSR count). The molecule has 0 aromatic carbocycles. The van der Waals surface area contributed by atoms with Crippen molar-refractivity contribution in [2.45, 2.75) is 46.1 Å². The molecule has 0 aromatic heterocycles. The Balaban J connectivity index is 2.49. The van der Waals surface area contributed by atoms with Crippen molar-refractivity contribution in [2.75, 3.05) is 13.1 Å². The van der Waals surface area contributed by atoms with Gasteiger partial charge in [0.1, 0.15) is 5.60 Å². The van der Waals surface area contributed by atoms with Crippen LogP contribution in [0, 0.1) is 5.92 Å². The minimum absolute atomic E-state index is 0.245. The molecule has 1 N–H and O–H groups in total. The number of aliphatic carboxylic acids is 1. The molecule has 0 unspecified atom stereocenters. The number of allylic oxidation sites excluding steroid dienone is 1. The predicted molar refractivity (Wildman–Crippen MR) is 71.9 cm³/mol. The molecule has 0 spiro atoms. The van der Waals surface area contributed by atoms with Crippen molar-refractivity contribution in [1.29, 1.82) is 0 Å². The molecular formula is C14H23NO4. The second-order valence-electron chi connectivity index (χ2n) is 5.97. The van der Waals surface area contributed by atoms with Crippen LogP contribution in [0.5, 0.6) is 0 Å². The molecular weight excluding hydrogens is 246 g/mol. The molecule has 1 aliphatic rings. The molecule has 1 saturated heterocycles. The second kappa shape index (κ2) is 6.08. The molecule has 0 bridgehead atoms. The van der Waals surface area contributed by atoms with Gasteiger partial charge in [0, 0.05) is 19.2 Å². The van der Waals surface area contributed by atoms with Crippen LogP contribution >= 0.6 is 0 Å². The highest BCUT2D eigenvalue weighted by Gasteiger charge is 2.27. The Morgan fingerprint density at radius 2 is 1.79 bits per heavy atom. The van der Waals surface area contributed by atoms with Gasteiger partial charge in [-0.25, -0.2) is 9.59 Å². The summed E-state index contributed by atoms with van der Waals surface area (Å²) in [5.41, 5.74) is 0.393. The van der Waals surface area contributed by atoms with E-state index < -0.39 is 11.6 Å². The normalized spacial score (nSPS) is 18.3. The zero-order chi connectivity index (χ0) is 14.6. The van der Waals surface area contributed by atoms with E-state index in [1.54, 1.807) is 4.90 Å². The first-order chi connectivity index (χ1) is 8.69. The van der Waals surface area contributed by atoms with Crippen molar-refractivity contribution < 1.29 is 19.4 Å². The van der Waals surface area contributed by atoms with Crippen LogP contribution in [-0.2, 0) is 9.53 Å². The van der Waals surface area contributed by atoms with Crippen molar-refractivity contribution in [3.63, 3.8) is 0 Å². The van der Waals surface area contributed by atoms with E-state index in [0.717, 1.165) is 18.4 Å². The molecule has 0 radical (unpaired) electrons. The number of hydrogen-bond donors (Lipinski definition) is 1. The average Bonchev–Trinajstić information content (AvgIpc) is 2.26. The van der Waals surface area contributed by atoms with Gasteiger partial charge in [0.15, 0.2) is 0 Å². The number of carboxylic acid groups (broad SMARTS) is 1. The number of carbonyl (C=O) groups excluding carboxylic acids is 1. The van der Waals surface area contributed by atoms with Crippen molar-refractivity contribution in [2.24, 2.45) is 5.92 Å². The van der Waals surface area contributed by atoms with E-state index in [0.29, 0.717) is 13.1 Å². The van der Waals surface area contributed by atoms with Crippen molar-refractivity contribution in [3.05, 3.63) is 11.6 Å². The summed E-state index contributed by atoms with van der Waals surface area (Å²) < 4.78 is 5.32. The molecule has 1 fully saturated rings. The Morgan fingerprint density at radius 3 is 2.21 bits per heavy atom. The zero-order valence-corrected chi connectivity index (χ0v) is 12.1. The third-order valence-electron chi connectivity index (χ3n) is 3.14. The van der Waals surface area contributed by atoms with Crippen LogP contribution in [0.1, 0.15) is 40.5 Å². The van der Waals surface area contributed by atoms with Gasteiger partial charge < -0.3 is 14.7 Å². The average molecular weight is 269 g/mol. The van der Waals surface area contributed by atoms with E-state index in [4.69, 9.17) is 9.84 Å². The van der Waals surface area contributed by atoms with E-state index >= 15 is 0 Å². The van der Waals surface area contributed by atoms with E-state index in [9.17, 15) is 9.59 Å². The summed E-state index contributed by atoms with van der Waals surface area (Å²) in [5.74, 6) is -0.665. The molecule has 1 amide bonds. The summed E-state index contributed by atoms with van der Waals surface area (Å²) in [7, 11) is 0. The Labute approximate surface area is 114 Å². The lowest BCUT2D eigenvalue weighted by molar-refractivity contribution is -0.131. The number of amides is 1. The highest BCUT2D eigenvalue weighted by Crippen LogP contribution is 2.25. The highest BCUT2D eigenvalue weighted by atomic mass is 16.6. The summed E-state index contributed by atoms with van der Waals surface area (Å²) in [5, 5.41) is 8.72. The van der Waals surface area contributed by atoms with E-state index in [1.165, 1.54) is 6.08 Å². The topological polar surface area (TPSA) is 66.8 Å². The molecule has 1 aliphatic heterocycles. The Bertz CT molecular complexity index is 373. The lowest BCUT2D eigenvalue weighted by Crippen LogP contribution is -2.41. The number of carbonyl (C=O) groups is 2. The summed E-state index contributed by atoms with van der Waals surface area (Å²) in [6, 6.07) is 0. The molecule has 1 heterocycles. The molecule has 0 aliphatic carbocycles. The minimum Gasteiger partial charge on any atom is -0.478 e. The Kier molecular flexibility index (Phi) is 4.97. The molecule has 19 heavy (non-hydrogen) atoms. The fraction of sp³-hybridized carbons (Fsp3) is 0.714. The first kappa shape index (κ1) is 15.5. The van der Waals surface area contributed by atoms with Gasteiger partial charge in [-0.2, -0.15) is 0 Å². The monoisotopic (exact) mass is 269 g/mol. The Morgan fingerprint density at radius 1 is 1.26 bits per heavy atom. The standard InChI is InChI=1S/C14H23NO4/c1-10(9-12(16)17)11-5-7-15(8-6-11)13(18)19-14(2,3)4/h9,11H,5-8H2,1-4H3,(H,16,17)/b10-9+. The van der Waals surface area contributed by atoms with Crippen LogP contribution in [0.2, 0.25) is 0 Å². The maximum absolute atomic E-state index is 11.9. The van der Waals surface area contributed by atoms with Crippen LogP contribution in [0.25, 0.3) is 0 Å². The quantitative estimate of drug-likeness (QED) is 0.783. The van der Waals surface area contributed by atoms with Crippen LogP contribution in [0.15, 0.2) is 11.6 Å². The summed E-state index contributed by atoms with van der Waals surface area (Å²) in [6.07, 6.45) is 2.54.